The fourth-order valence-electron chi connectivity index (χ4n) is 2.98. The number of anilines is 2. The predicted octanol–water partition coefficient (Wildman–Crippen LogP) is 5.45. The molecule has 2 heterocycles. The van der Waals surface area contributed by atoms with Crippen LogP contribution in [0.5, 0.6) is 0 Å². The Morgan fingerprint density at radius 3 is 2.67 bits per heavy atom. The van der Waals surface area contributed by atoms with Crippen molar-refractivity contribution in [2.45, 2.75) is 6.54 Å². The predicted molar refractivity (Wildman–Crippen MR) is 104 cm³/mol. The van der Waals surface area contributed by atoms with E-state index < -0.39 is 0 Å². The minimum atomic E-state index is -0.332. The Balaban J connectivity index is 1.87. The zero-order chi connectivity index (χ0) is 18.6. The molecule has 0 amide bonds. The molecular weight excluding hydrogens is 343 g/mol. The molecule has 0 aliphatic carbocycles. The van der Waals surface area contributed by atoms with Crippen molar-refractivity contribution in [3.8, 4) is 11.3 Å². The van der Waals surface area contributed by atoms with Crippen LogP contribution in [0.4, 0.5) is 15.8 Å². The van der Waals surface area contributed by atoms with Gasteiger partial charge in [-0.15, -0.1) is 0 Å². The van der Waals surface area contributed by atoms with Gasteiger partial charge in [0.1, 0.15) is 12.4 Å². The van der Waals surface area contributed by atoms with Crippen LogP contribution in [-0.2, 0) is 6.54 Å². The first-order chi connectivity index (χ1) is 13.3. The highest BCUT2D eigenvalue weighted by atomic mass is 19.1. The maximum atomic E-state index is 14.3. The molecule has 0 saturated heterocycles. The molecule has 0 fully saturated rings. The van der Waals surface area contributed by atoms with Gasteiger partial charge in [-0.05, 0) is 30.3 Å². The third-order valence-corrected chi connectivity index (χ3v) is 4.27. The molecule has 4 rings (SSSR count). The fraction of sp³-hybridized carbons (Fsp3) is 0.0476. The van der Waals surface area contributed by atoms with Gasteiger partial charge in [0.15, 0.2) is 0 Å². The molecule has 132 valence electrons. The van der Waals surface area contributed by atoms with Crippen LogP contribution >= 0.6 is 0 Å². The lowest BCUT2D eigenvalue weighted by molar-refractivity contribution is 0.631. The molecule has 0 atom stereocenters. The maximum absolute atomic E-state index is 14.3. The van der Waals surface area contributed by atoms with Crippen LogP contribution in [0, 0.1) is 10.7 Å². The molecule has 0 saturated carbocycles. The molecule has 0 aliphatic heterocycles. The largest absolute Gasteiger partial charge is 0.355 e. The molecule has 0 bridgehead atoms. The third-order valence-electron chi connectivity index (χ3n) is 4.27. The SMILES string of the molecule is O=NCc1cnccc1Nc1cc(-c2ccccc2F)nc2ccccc12. The number of nitrogens with zero attached hydrogens (tertiary/aromatic N) is 3. The minimum absolute atomic E-state index is 0.0133. The van der Waals surface area contributed by atoms with E-state index in [0.29, 0.717) is 16.8 Å². The van der Waals surface area contributed by atoms with Gasteiger partial charge in [0.2, 0.25) is 0 Å². The fourth-order valence-corrected chi connectivity index (χ4v) is 2.98. The molecule has 6 heteroatoms. The van der Waals surface area contributed by atoms with Crippen molar-refractivity contribution in [1.29, 1.82) is 0 Å². The van der Waals surface area contributed by atoms with E-state index in [1.54, 1.807) is 42.7 Å². The van der Waals surface area contributed by atoms with Gasteiger partial charge in [-0.25, -0.2) is 9.37 Å². The van der Waals surface area contributed by atoms with E-state index in [9.17, 15) is 9.30 Å². The summed E-state index contributed by atoms with van der Waals surface area (Å²) >= 11 is 0. The Kier molecular flexibility index (Phi) is 4.53. The number of nitrogens with one attached hydrogen (secondary N) is 1. The molecule has 2 aromatic carbocycles. The lowest BCUT2D eigenvalue weighted by Gasteiger charge is -2.14. The summed E-state index contributed by atoms with van der Waals surface area (Å²) in [7, 11) is 0. The first kappa shape index (κ1) is 16.8. The second-order valence-corrected chi connectivity index (χ2v) is 6.00. The Hall–Kier alpha value is -3.67. The smallest absolute Gasteiger partial charge is 0.132 e. The number of benzene rings is 2. The number of aromatic nitrogens is 2. The molecule has 27 heavy (non-hydrogen) atoms. The summed E-state index contributed by atoms with van der Waals surface area (Å²) in [6.45, 7) is 0.0133. The van der Waals surface area contributed by atoms with Gasteiger partial charge < -0.3 is 5.32 Å². The molecule has 0 spiro atoms. The van der Waals surface area contributed by atoms with Gasteiger partial charge in [0.25, 0.3) is 0 Å². The Morgan fingerprint density at radius 1 is 1.00 bits per heavy atom. The minimum Gasteiger partial charge on any atom is -0.355 e. The molecule has 0 radical (unpaired) electrons. The first-order valence-corrected chi connectivity index (χ1v) is 8.40. The zero-order valence-corrected chi connectivity index (χ0v) is 14.3. The van der Waals surface area contributed by atoms with Crippen LogP contribution < -0.4 is 5.32 Å². The van der Waals surface area contributed by atoms with E-state index >= 15 is 0 Å². The molecule has 0 unspecified atom stereocenters. The topological polar surface area (TPSA) is 67.2 Å². The molecule has 0 aliphatic rings. The number of nitroso groups, excluding NO2 is 1. The van der Waals surface area contributed by atoms with Crippen molar-refractivity contribution >= 4 is 22.3 Å². The average Bonchev–Trinajstić information content (AvgIpc) is 2.70. The van der Waals surface area contributed by atoms with Crippen LogP contribution in [0.1, 0.15) is 5.56 Å². The van der Waals surface area contributed by atoms with Gasteiger partial charge in [0, 0.05) is 34.6 Å². The maximum Gasteiger partial charge on any atom is 0.132 e. The van der Waals surface area contributed by atoms with Gasteiger partial charge in [-0.2, -0.15) is 4.91 Å². The number of hydrogen-bond acceptors (Lipinski definition) is 5. The Labute approximate surface area is 154 Å². The zero-order valence-electron chi connectivity index (χ0n) is 14.3. The lowest BCUT2D eigenvalue weighted by atomic mass is 10.1. The molecule has 1 N–H and O–H groups in total. The van der Waals surface area contributed by atoms with E-state index in [0.717, 1.165) is 22.3 Å². The number of halogens is 1. The number of rotatable bonds is 5. The third kappa shape index (κ3) is 3.37. The molecular formula is C21H15FN4O. The van der Waals surface area contributed by atoms with E-state index in [1.165, 1.54) is 6.07 Å². The standard InChI is InChI=1S/C21H15FN4O/c22-17-7-3-1-5-15(17)20-11-21(16-6-2-4-8-19(16)26-20)25-18-9-10-23-12-14(18)13-24-27/h1-12H,13H2,(H,23,25,26). The quantitative estimate of drug-likeness (QED) is 0.482. The normalized spacial score (nSPS) is 10.7. The van der Waals surface area contributed by atoms with Crippen LogP contribution in [0.3, 0.4) is 0 Å². The van der Waals surface area contributed by atoms with Gasteiger partial charge in [-0.3, -0.25) is 4.98 Å². The number of pyridine rings is 2. The monoisotopic (exact) mass is 358 g/mol. The highest BCUT2D eigenvalue weighted by molar-refractivity contribution is 5.95. The summed E-state index contributed by atoms with van der Waals surface area (Å²) in [4.78, 5) is 19.4. The average molecular weight is 358 g/mol. The lowest BCUT2D eigenvalue weighted by Crippen LogP contribution is -1.99. The summed E-state index contributed by atoms with van der Waals surface area (Å²) in [5, 5.41) is 7.17. The number of fused-ring (bicyclic) bond motifs is 1. The summed E-state index contributed by atoms with van der Waals surface area (Å²) in [6, 6.07) is 17.7. The van der Waals surface area contributed by atoms with E-state index in [4.69, 9.17) is 0 Å². The Bertz CT molecular complexity index is 1130. The van der Waals surface area contributed by atoms with Crippen LogP contribution in [0.25, 0.3) is 22.2 Å². The van der Waals surface area contributed by atoms with Crippen LogP contribution in [0.2, 0.25) is 0 Å². The van der Waals surface area contributed by atoms with Crippen molar-refractivity contribution in [2.24, 2.45) is 5.18 Å². The van der Waals surface area contributed by atoms with Crippen LogP contribution in [-0.4, -0.2) is 9.97 Å². The second kappa shape index (κ2) is 7.29. The first-order valence-electron chi connectivity index (χ1n) is 8.40. The van der Waals surface area contributed by atoms with Crippen LogP contribution in [0.15, 0.2) is 78.2 Å². The second-order valence-electron chi connectivity index (χ2n) is 6.00. The summed E-state index contributed by atoms with van der Waals surface area (Å²) in [5.41, 5.74) is 3.86. The summed E-state index contributed by atoms with van der Waals surface area (Å²) < 4.78 is 14.3. The van der Waals surface area contributed by atoms with Crippen molar-refractivity contribution < 1.29 is 4.39 Å². The van der Waals surface area contributed by atoms with E-state index in [1.807, 2.05) is 24.3 Å². The molecule has 4 aromatic rings. The molecule has 5 nitrogen and oxygen atoms in total. The van der Waals surface area contributed by atoms with Crippen molar-refractivity contribution in [1.82, 2.24) is 9.97 Å². The van der Waals surface area contributed by atoms with E-state index in [2.05, 4.69) is 20.5 Å². The molecule has 2 aromatic heterocycles. The Morgan fingerprint density at radius 2 is 1.81 bits per heavy atom. The van der Waals surface area contributed by atoms with Gasteiger partial charge >= 0.3 is 0 Å². The van der Waals surface area contributed by atoms with Gasteiger partial charge in [0.05, 0.1) is 16.9 Å². The number of hydrogen-bond donors (Lipinski definition) is 1. The highest BCUT2D eigenvalue weighted by Crippen LogP contribution is 2.32. The summed E-state index contributed by atoms with van der Waals surface area (Å²) in [5.74, 6) is -0.332. The highest BCUT2D eigenvalue weighted by Gasteiger charge is 2.12. The van der Waals surface area contributed by atoms with Crippen molar-refractivity contribution in [3.05, 3.63) is 89.3 Å². The van der Waals surface area contributed by atoms with E-state index in [-0.39, 0.29) is 12.4 Å². The van der Waals surface area contributed by atoms with Crippen molar-refractivity contribution in [2.75, 3.05) is 5.32 Å². The van der Waals surface area contributed by atoms with Crippen molar-refractivity contribution in [3.63, 3.8) is 0 Å². The summed E-state index contributed by atoms with van der Waals surface area (Å²) in [6.07, 6.45) is 3.24. The van der Waals surface area contributed by atoms with Gasteiger partial charge in [-0.1, -0.05) is 35.5 Å². The number of para-hydroxylation sites is 1.